The van der Waals surface area contributed by atoms with Gasteiger partial charge in [-0.1, -0.05) is 24.3 Å². The Morgan fingerprint density at radius 3 is 2.17 bits per heavy atom. The van der Waals surface area contributed by atoms with Crippen LogP contribution in [0.5, 0.6) is 0 Å². The number of nitrogens with zero attached hydrogens (tertiary/aromatic N) is 1. The number of benzene rings is 1. The first-order chi connectivity index (χ1) is 8.54. The molecule has 0 saturated carbocycles. The Kier molecular flexibility index (Phi) is 3.71. The van der Waals surface area contributed by atoms with Crippen molar-refractivity contribution in [2.45, 2.75) is 26.7 Å². The first-order valence-corrected chi connectivity index (χ1v) is 6.61. The third-order valence-electron chi connectivity index (χ3n) is 3.80. The zero-order valence-electron chi connectivity index (χ0n) is 11.3. The van der Waals surface area contributed by atoms with Crippen LogP contribution in [0.4, 0.5) is 0 Å². The highest BCUT2D eigenvalue weighted by molar-refractivity contribution is 5.82. The molecular formula is C15H22N2O. The fraction of sp³-hybridized carbons (Fsp3) is 0.533. The average molecular weight is 246 g/mol. The average Bonchev–Trinajstić information content (AvgIpc) is 2.60. The molecule has 0 saturated heterocycles. The Morgan fingerprint density at radius 1 is 1.22 bits per heavy atom. The number of hydrogen-bond acceptors (Lipinski definition) is 2. The first kappa shape index (κ1) is 13.1. The fourth-order valence-corrected chi connectivity index (χ4v) is 2.39. The maximum Gasteiger partial charge on any atom is 0.229 e. The van der Waals surface area contributed by atoms with E-state index < -0.39 is 5.41 Å². The lowest BCUT2D eigenvalue weighted by Gasteiger charge is -2.30. The number of hydrogen-bond donors (Lipinski definition) is 1. The summed E-state index contributed by atoms with van der Waals surface area (Å²) >= 11 is 0. The molecule has 2 N–H and O–H groups in total. The van der Waals surface area contributed by atoms with Crippen LogP contribution in [0.15, 0.2) is 24.3 Å². The molecular weight excluding hydrogens is 224 g/mol. The van der Waals surface area contributed by atoms with Crippen LogP contribution in [0.25, 0.3) is 0 Å². The minimum Gasteiger partial charge on any atom is -0.342 e. The summed E-state index contributed by atoms with van der Waals surface area (Å²) in [5, 5.41) is 0. The van der Waals surface area contributed by atoms with E-state index >= 15 is 0 Å². The Morgan fingerprint density at radius 2 is 1.72 bits per heavy atom. The molecule has 0 fully saturated rings. The highest BCUT2D eigenvalue weighted by atomic mass is 16.2. The molecule has 0 unspecified atom stereocenters. The van der Waals surface area contributed by atoms with E-state index in [1.165, 1.54) is 11.1 Å². The zero-order valence-corrected chi connectivity index (χ0v) is 11.3. The highest BCUT2D eigenvalue weighted by Gasteiger charge is 2.31. The highest BCUT2D eigenvalue weighted by Crippen LogP contribution is 2.21. The van der Waals surface area contributed by atoms with Crippen LogP contribution in [0.3, 0.4) is 0 Å². The predicted octanol–water partition coefficient (Wildman–Crippen LogP) is 1.60. The van der Waals surface area contributed by atoms with Gasteiger partial charge in [-0.05, 0) is 37.8 Å². The molecule has 2 rings (SSSR count). The standard InChI is InChI=1S/C15H22N2O/c1-15(2,11-16)14(18)17-9-7-12-5-3-4-6-13(12)8-10-17/h3-6H,7-11,16H2,1-2H3. The quantitative estimate of drug-likeness (QED) is 0.861. The lowest BCUT2D eigenvalue weighted by Crippen LogP contribution is -2.45. The fourth-order valence-electron chi connectivity index (χ4n) is 2.39. The lowest BCUT2D eigenvalue weighted by molar-refractivity contribution is -0.139. The summed E-state index contributed by atoms with van der Waals surface area (Å²) in [4.78, 5) is 14.4. The monoisotopic (exact) mass is 246 g/mol. The van der Waals surface area contributed by atoms with Crippen LogP contribution in [0.2, 0.25) is 0 Å². The van der Waals surface area contributed by atoms with Crippen LogP contribution >= 0.6 is 0 Å². The summed E-state index contributed by atoms with van der Waals surface area (Å²) in [5.41, 5.74) is 7.99. The number of amides is 1. The van der Waals surface area contributed by atoms with Gasteiger partial charge in [0, 0.05) is 19.6 Å². The van der Waals surface area contributed by atoms with Crippen molar-refractivity contribution < 1.29 is 4.79 Å². The van der Waals surface area contributed by atoms with Crippen LogP contribution in [0, 0.1) is 5.41 Å². The van der Waals surface area contributed by atoms with E-state index in [2.05, 4.69) is 24.3 Å². The van der Waals surface area contributed by atoms with Gasteiger partial charge in [0.15, 0.2) is 0 Å². The van der Waals surface area contributed by atoms with Crippen molar-refractivity contribution in [3.63, 3.8) is 0 Å². The smallest absolute Gasteiger partial charge is 0.229 e. The van der Waals surface area contributed by atoms with Crippen LogP contribution in [-0.2, 0) is 17.6 Å². The van der Waals surface area contributed by atoms with E-state index in [4.69, 9.17) is 5.73 Å². The maximum atomic E-state index is 12.4. The van der Waals surface area contributed by atoms with Gasteiger partial charge in [0.2, 0.25) is 5.91 Å². The van der Waals surface area contributed by atoms with Crippen molar-refractivity contribution in [3.05, 3.63) is 35.4 Å². The first-order valence-electron chi connectivity index (χ1n) is 6.61. The van der Waals surface area contributed by atoms with E-state index in [1.807, 2.05) is 18.7 Å². The Balaban J connectivity index is 2.11. The molecule has 3 heteroatoms. The molecule has 1 amide bonds. The van der Waals surface area contributed by atoms with Crippen molar-refractivity contribution >= 4 is 5.91 Å². The Hall–Kier alpha value is -1.35. The molecule has 0 aromatic heterocycles. The van der Waals surface area contributed by atoms with Crippen molar-refractivity contribution in [1.82, 2.24) is 4.90 Å². The van der Waals surface area contributed by atoms with Crippen LogP contribution < -0.4 is 5.73 Å². The molecule has 3 nitrogen and oxygen atoms in total. The largest absolute Gasteiger partial charge is 0.342 e. The molecule has 1 heterocycles. The molecule has 0 bridgehead atoms. The number of fused-ring (bicyclic) bond motifs is 1. The van der Waals surface area contributed by atoms with Gasteiger partial charge in [0.1, 0.15) is 0 Å². The van der Waals surface area contributed by atoms with Gasteiger partial charge >= 0.3 is 0 Å². The summed E-state index contributed by atoms with van der Waals surface area (Å²) in [6, 6.07) is 8.47. The van der Waals surface area contributed by atoms with Gasteiger partial charge in [-0.15, -0.1) is 0 Å². The van der Waals surface area contributed by atoms with Gasteiger partial charge in [-0.2, -0.15) is 0 Å². The lowest BCUT2D eigenvalue weighted by atomic mass is 9.91. The molecule has 98 valence electrons. The second-order valence-electron chi connectivity index (χ2n) is 5.65. The summed E-state index contributed by atoms with van der Waals surface area (Å²) < 4.78 is 0. The van der Waals surface area contributed by atoms with Gasteiger partial charge in [-0.3, -0.25) is 4.79 Å². The molecule has 0 atom stereocenters. The minimum absolute atomic E-state index is 0.179. The number of nitrogens with two attached hydrogens (primary N) is 1. The van der Waals surface area contributed by atoms with E-state index in [0.717, 1.165) is 25.9 Å². The maximum absolute atomic E-state index is 12.4. The van der Waals surface area contributed by atoms with Crippen LogP contribution in [-0.4, -0.2) is 30.4 Å². The number of carbonyl (C=O) groups is 1. The normalized spacial score (nSPS) is 16.1. The third-order valence-corrected chi connectivity index (χ3v) is 3.80. The predicted molar refractivity (Wildman–Crippen MR) is 73.3 cm³/mol. The van der Waals surface area contributed by atoms with Crippen molar-refractivity contribution in [2.75, 3.05) is 19.6 Å². The summed E-state index contributed by atoms with van der Waals surface area (Å²) in [6.45, 7) is 5.86. The number of carbonyl (C=O) groups excluding carboxylic acids is 1. The van der Waals surface area contributed by atoms with Crippen LogP contribution in [0.1, 0.15) is 25.0 Å². The van der Waals surface area contributed by atoms with Gasteiger partial charge in [-0.25, -0.2) is 0 Å². The number of rotatable bonds is 2. The molecule has 0 radical (unpaired) electrons. The van der Waals surface area contributed by atoms with E-state index in [9.17, 15) is 4.79 Å². The van der Waals surface area contributed by atoms with E-state index in [0.29, 0.717) is 6.54 Å². The molecule has 18 heavy (non-hydrogen) atoms. The summed E-state index contributed by atoms with van der Waals surface area (Å²) in [7, 11) is 0. The van der Waals surface area contributed by atoms with Gasteiger partial charge in [0.05, 0.1) is 5.41 Å². The second-order valence-corrected chi connectivity index (χ2v) is 5.65. The molecule has 0 aliphatic carbocycles. The molecule has 1 aliphatic heterocycles. The van der Waals surface area contributed by atoms with Gasteiger partial charge < -0.3 is 10.6 Å². The molecule has 1 aromatic rings. The van der Waals surface area contributed by atoms with E-state index in [1.54, 1.807) is 0 Å². The minimum atomic E-state index is -0.448. The van der Waals surface area contributed by atoms with Crippen molar-refractivity contribution in [2.24, 2.45) is 11.1 Å². The summed E-state index contributed by atoms with van der Waals surface area (Å²) in [5.74, 6) is 0.179. The Bertz CT molecular complexity index is 413. The van der Waals surface area contributed by atoms with Gasteiger partial charge in [0.25, 0.3) is 0 Å². The Labute approximate surface area is 109 Å². The zero-order chi connectivity index (χ0) is 13.2. The SMILES string of the molecule is CC(C)(CN)C(=O)N1CCc2ccccc2CC1. The summed E-state index contributed by atoms with van der Waals surface area (Å²) in [6.07, 6.45) is 1.89. The molecule has 1 aliphatic rings. The van der Waals surface area contributed by atoms with Crippen molar-refractivity contribution in [3.8, 4) is 0 Å². The third kappa shape index (κ3) is 2.56. The molecule has 0 spiro atoms. The molecule has 1 aromatic carbocycles. The van der Waals surface area contributed by atoms with E-state index in [-0.39, 0.29) is 5.91 Å². The topological polar surface area (TPSA) is 46.3 Å². The van der Waals surface area contributed by atoms with Crippen molar-refractivity contribution in [1.29, 1.82) is 0 Å². The second kappa shape index (κ2) is 5.11.